The third-order valence-corrected chi connectivity index (χ3v) is 1.78. The zero-order valence-electron chi connectivity index (χ0n) is 8.49. The van der Waals surface area contributed by atoms with E-state index in [1.54, 1.807) is 13.1 Å². The van der Waals surface area contributed by atoms with Crippen LogP contribution in [0.1, 0.15) is 12.7 Å². The first kappa shape index (κ1) is 10.7. The highest BCUT2D eigenvalue weighted by molar-refractivity contribution is 5.71. The van der Waals surface area contributed by atoms with Crippen LogP contribution in [0.5, 0.6) is 0 Å². The fourth-order valence-electron chi connectivity index (χ4n) is 1.06. The van der Waals surface area contributed by atoms with Crippen LogP contribution in [-0.4, -0.2) is 28.7 Å². The van der Waals surface area contributed by atoms with Crippen LogP contribution in [0.25, 0.3) is 0 Å². The number of hydrogen-bond acceptors (Lipinski definition) is 4. The quantitative estimate of drug-likeness (QED) is 0.679. The number of ether oxygens (including phenoxy) is 1. The average Bonchev–Trinajstić information content (AvgIpc) is 2.52. The molecule has 0 aromatic carbocycles. The van der Waals surface area contributed by atoms with Crippen LogP contribution >= 0.6 is 0 Å². The van der Waals surface area contributed by atoms with Gasteiger partial charge in [-0.3, -0.25) is 10.1 Å². The van der Waals surface area contributed by atoms with Gasteiger partial charge in [-0.15, -0.1) is 0 Å². The number of carbonyl (C=O) groups is 1. The molecule has 0 bridgehead atoms. The minimum atomic E-state index is -0.235. The molecule has 1 heterocycles. The number of aromatic nitrogens is 2. The van der Waals surface area contributed by atoms with E-state index in [2.05, 4.69) is 10.3 Å². The highest BCUT2D eigenvalue weighted by Gasteiger charge is 2.02. The van der Waals surface area contributed by atoms with E-state index in [0.29, 0.717) is 13.2 Å². The molecule has 0 saturated heterocycles. The zero-order chi connectivity index (χ0) is 10.4. The Morgan fingerprint density at radius 2 is 2.50 bits per heavy atom. The van der Waals surface area contributed by atoms with Crippen LogP contribution in [0.15, 0.2) is 12.4 Å². The maximum absolute atomic E-state index is 10.9. The van der Waals surface area contributed by atoms with Crippen molar-refractivity contribution >= 4 is 5.97 Å². The fraction of sp³-hybridized carbons (Fsp3) is 0.556. The van der Waals surface area contributed by atoms with Gasteiger partial charge >= 0.3 is 5.97 Å². The van der Waals surface area contributed by atoms with E-state index in [9.17, 15) is 4.79 Å². The van der Waals surface area contributed by atoms with Gasteiger partial charge in [0.05, 0.1) is 19.7 Å². The van der Waals surface area contributed by atoms with Crippen molar-refractivity contribution in [3.05, 3.63) is 18.2 Å². The summed E-state index contributed by atoms with van der Waals surface area (Å²) in [7, 11) is 1.91. The molecule has 0 saturated carbocycles. The third kappa shape index (κ3) is 3.18. The molecule has 0 aliphatic carbocycles. The molecule has 5 nitrogen and oxygen atoms in total. The van der Waals surface area contributed by atoms with Gasteiger partial charge in [-0.25, -0.2) is 4.98 Å². The van der Waals surface area contributed by atoms with Crippen LogP contribution in [-0.2, 0) is 23.1 Å². The van der Waals surface area contributed by atoms with Gasteiger partial charge in [0.25, 0.3) is 0 Å². The van der Waals surface area contributed by atoms with Gasteiger partial charge in [0.2, 0.25) is 0 Å². The van der Waals surface area contributed by atoms with E-state index < -0.39 is 0 Å². The minimum Gasteiger partial charge on any atom is -0.465 e. The topological polar surface area (TPSA) is 56.1 Å². The Balaban J connectivity index is 2.22. The Labute approximate surface area is 83.1 Å². The third-order valence-electron chi connectivity index (χ3n) is 1.78. The van der Waals surface area contributed by atoms with Crippen molar-refractivity contribution in [2.45, 2.75) is 13.5 Å². The van der Waals surface area contributed by atoms with Crippen molar-refractivity contribution in [3.63, 3.8) is 0 Å². The summed E-state index contributed by atoms with van der Waals surface area (Å²) in [6, 6.07) is 0. The van der Waals surface area contributed by atoms with E-state index >= 15 is 0 Å². The molecular formula is C9H15N3O2. The highest BCUT2D eigenvalue weighted by atomic mass is 16.5. The lowest BCUT2D eigenvalue weighted by Crippen LogP contribution is -2.25. The second-order valence-electron chi connectivity index (χ2n) is 2.86. The van der Waals surface area contributed by atoms with Gasteiger partial charge in [0.1, 0.15) is 5.82 Å². The maximum Gasteiger partial charge on any atom is 0.319 e. The Morgan fingerprint density at radius 3 is 3.07 bits per heavy atom. The summed E-state index contributed by atoms with van der Waals surface area (Å²) in [5.74, 6) is 0.663. The normalized spacial score (nSPS) is 10.1. The number of esters is 1. The van der Waals surface area contributed by atoms with Gasteiger partial charge in [0.15, 0.2) is 0 Å². The second kappa shape index (κ2) is 5.39. The van der Waals surface area contributed by atoms with E-state index in [0.717, 1.165) is 5.82 Å². The number of aryl methyl sites for hydroxylation is 1. The summed E-state index contributed by atoms with van der Waals surface area (Å²) in [6.45, 7) is 3.00. The number of nitrogens with zero attached hydrogens (tertiary/aromatic N) is 2. The molecule has 0 radical (unpaired) electrons. The van der Waals surface area contributed by atoms with E-state index in [1.165, 1.54) is 0 Å². The van der Waals surface area contributed by atoms with Crippen LogP contribution in [0.2, 0.25) is 0 Å². The first-order chi connectivity index (χ1) is 6.74. The summed E-state index contributed by atoms with van der Waals surface area (Å²) >= 11 is 0. The molecule has 0 amide bonds. The Hall–Kier alpha value is -1.36. The van der Waals surface area contributed by atoms with Crippen molar-refractivity contribution in [3.8, 4) is 0 Å². The monoisotopic (exact) mass is 197 g/mol. The lowest BCUT2D eigenvalue weighted by atomic mass is 10.5. The zero-order valence-corrected chi connectivity index (χ0v) is 8.49. The minimum absolute atomic E-state index is 0.223. The molecule has 1 aromatic heterocycles. The first-order valence-corrected chi connectivity index (χ1v) is 4.56. The number of imidazole rings is 1. The maximum atomic E-state index is 10.9. The molecule has 1 rings (SSSR count). The SMILES string of the molecule is CCOC(=O)CNCc1nccn1C. The summed E-state index contributed by atoms with van der Waals surface area (Å²) in [6.07, 6.45) is 3.59. The molecule has 0 fully saturated rings. The largest absolute Gasteiger partial charge is 0.465 e. The van der Waals surface area contributed by atoms with Crippen LogP contribution in [0, 0.1) is 0 Å². The lowest BCUT2D eigenvalue weighted by Gasteiger charge is -2.04. The van der Waals surface area contributed by atoms with Crippen molar-refractivity contribution in [1.82, 2.24) is 14.9 Å². The van der Waals surface area contributed by atoms with Gasteiger partial charge in [-0.05, 0) is 6.92 Å². The lowest BCUT2D eigenvalue weighted by molar-refractivity contribution is -0.142. The standard InChI is InChI=1S/C9H15N3O2/c1-3-14-9(13)7-10-6-8-11-4-5-12(8)2/h4-5,10H,3,6-7H2,1-2H3. The molecule has 14 heavy (non-hydrogen) atoms. The molecule has 5 heteroatoms. The van der Waals surface area contributed by atoms with Crippen LogP contribution in [0.4, 0.5) is 0 Å². The van der Waals surface area contributed by atoms with Gasteiger partial charge in [-0.1, -0.05) is 0 Å². The number of rotatable bonds is 5. The van der Waals surface area contributed by atoms with Crippen molar-refractivity contribution in [2.24, 2.45) is 7.05 Å². The van der Waals surface area contributed by atoms with Gasteiger partial charge < -0.3 is 9.30 Å². The smallest absolute Gasteiger partial charge is 0.319 e. The molecule has 0 aliphatic rings. The van der Waals surface area contributed by atoms with Gasteiger partial charge in [0, 0.05) is 19.4 Å². The fourth-order valence-corrected chi connectivity index (χ4v) is 1.06. The Morgan fingerprint density at radius 1 is 1.71 bits per heavy atom. The van der Waals surface area contributed by atoms with Crippen molar-refractivity contribution in [2.75, 3.05) is 13.2 Å². The summed E-state index contributed by atoms with van der Waals surface area (Å²) in [5, 5.41) is 2.96. The summed E-state index contributed by atoms with van der Waals surface area (Å²) in [5.41, 5.74) is 0. The number of nitrogens with one attached hydrogen (secondary N) is 1. The molecule has 78 valence electrons. The van der Waals surface area contributed by atoms with Crippen molar-refractivity contribution < 1.29 is 9.53 Å². The van der Waals surface area contributed by atoms with E-state index in [4.69, 9.17) is 4.74 Å². The molecule has 0 spiro atoms. The second-order valence-corrected chi connectivity index (χ2v) is 2.86. The van der Waals surface area contributed by atoms with E-state index in [-0.39, 0.29) is 12.5 Å². The molecule has 0 unspecified atom stereocenters. The molecule has 0 aliphatic heterocycles. The van der Waals surface area contributed by atoms with Crippen LogP contribution in [0.3, 0.4) is 0 Å². The average molecular weight is 197 g/mol. The molecular weight excluding hydrogens is 182 g/mol. The van der Waals surface area contributed by atoms with Gasteiger partial charge in [-0.2, -0.15) is 0 Å². The summed E-state index contributed by atoms with van der Waals surface area (Å²) in [4.78, 5) is 15.1. The molecule has 1 N–H and O–H groups in total. The van der Waals surface area contributed by atoms with Crippen molar-refractivity contribution in [1.29, 1.82) is 0 Å². The summed E-state index contributed by atoms with van der Waals surface area (Å²) < 4.78 is 6.66. The highest BCUT2D eigenvalue weighted by Crippen LogP contribution is 1.92. The molecule has 1 aromatic rings. The van der Waals surface area contributed by atoms with E-state index in [1.807, 2.05) is 17.8 Å². The Kier molecular flexibility index (Phi) is 4.12. The predicted molar refractivity (Wildman–Crippen MR) is 51.5 cm³/mol. The number of carbonyl (C=O) groups excluding carboxylic acids is 1. The molecule has 0 atom stereocenters. The van der Waals surface area contributed by atoms with Crippen LogP contribution < -0.4 is 5.32 Å². The predicted octanol–water partition coefficient (Wildman–Crippen LogP) is 0.0728. The number of hydrogen-bond donors (Lipinski definition) is 1. The Bertz CT molecular complexity index is 296. The first-order valence-electron chi connectivity index (χ1n) is 4.56.